The summed E-state index contributed by atoms with van der Waals surface area (Å²) >= 11 is 0. The first-order valence-corrected chi connectivity index (χ1v) is 9.36. The van der Waals surface area contributed by atoms with Gasteiger partial charge in [0.1, 0.15) is 30.8 Å². The smallest absolute Gasteiger partial charge is 0.127 e. The minimum absolute atomic E-state index is 0.244. The van der Waals surface area contributed by atoms with Gasteiger partial charge in [-0.1, -0.05) is 68.4 Å². The molecule has 27 heavy (non-hydrogen) atoms. The van der Waals surface area contributed by atoms with E-state index in [9.17, 15) is 5.11 Å². The first-order chi connectivity index (χ1) is 13.1. The maximum atomic E-state index is 10.1. The van der Waals surface area contributed by atoms with Crippen molar-refractivity contribution < 1.29 is 14.6 Å². The van der Waals surface area contributed by atoms with Crippen LogP contribution in [0, 0.1) is 0 Å². The van der Waals surface area contributed by atoms with Crippen molar-refractivity contribution in [2.75, 3.05) is 13.2 Å². The summed E-state index contributed by atoms with van der Waals surface area (Å²) in [6.07, 6.45) is -0.555. The van der Waals surface area contributed by atoms with E-state index in [0.29, 0.717) is 19.2 Å². The van der Waals surface area contributed by atoms with E-state index in [1.165, 1.54) is 0 Å². The zero-order valence-corrected chi connectivity index (χ0v) is 15.9. The van der Waals surface area contributed by atoms with Crippen LogP contribution in [0.25, 0.3) is 10.8 Å². The van der Waals surface area contributed by atoms with Crippen LogP contribution in [-0.2, 0) is 6.61 Å². The van der Waals surface area contributed by atoms with E-state index in [-0.39, 0.29) is 6.61 Å². The van der Waals surface area contributed by atoms with Gasteiger partial charge in [0.15, 0.2) is 0 Å². The quantitative estimate of drug-likeness (QED) is 0.598. The van der Waals surface area contributed by atoms with Crippen LogP contribution in [-0.4, -0.2) is 30.4 Å². The average Bonchev–Trinajstić information content (AvgIpc) is 2.70. The molecule has 4 heteroatoms. The highest BCUT2D eigenvalue weighted by Gasteiger charge is 2.11. The van der Waals surface area contributed by atoms with Crippen molar-refractivity contribution in [3.05, 3.63) is 72.3 Å². The maximum absolute atomic E-state index is 10.1. The van der Waals surface area contributed by atoms with E-state index in [2.05, 4.69) is 19.2 Å². The molecule has 3 aromatic carbocycles. The molecular formula is C23H27NO3. The number of hydrogen-bond donors (Lipinski definition) is 2. The molecule has 0 radical (unpaired) electrons. The highest BCUT2D eigenvalue weighted by molar-refractivity contribution is 5.93. The molecule has 0 unspecified atom stereocenters. The molecule has 0 aliphatic carbocycles. The lowest BCUT2D eigenvalue weighted by molar-refractivity contribution is 0.105. The molecule has 0 bridgehead atoms. The zero-order chi connectivity index (χ0) is 19.1. The van der Waals surface area contributed by atoms with Crippen molar-refractivity contribution in [3.8, 4) is 11.5 Å². The van der Waals surface area contributed by atoms with E-state index in [1.54, 1.807) is 0 Å². The second-order valence-corrected chi connectivity index (χ2v) is 6.91. The molecule has 142 valence electrons. The van der Waals surface area contributed by atoms with Gasteiger partial charge in [0.25, 0.3) is 0 Å². The number of fused-ring (bicyclic) bond motifs is 1. The number of nitrogens with one attached hydrogen (secondary N) is 1. The van der Waals surface area contributed by atoms with Gasteiger partial charge in [-0.15, -0.1) is 0 Å². The summed E-state index contributed by atoms with van der Waals surface area (Å²) in [5.41, 5.74) is 1.13. The lowest BCUT2D eigenvalue weighted by Gasteiger charge is -2.17. The van der Waals surface area contributed by atoms with Crippen LogP contribution < -0.4 is 14.8 Å². The molecule has 0 spiro atoms. The van der Waals surface area contributed by atoms with Crippen molar-refractivity contribution in [3.63, 3.8) is 0 Å². The lowest BCUT2D eigenvalue weighted by Crippen LogP contribution is -2.35. The fourth-order valence-corrected chi connectivity index (χ4v) is 2.85. The molecule has 0 saturated carbocycles. The van der Waals surface area contributed by atoms with E-state index in [4.69, 9.17) is 9.47 Å². The molecule has 3 aromatic rings. The third-order valence-corrected chi connectivity index (χ3v) is 4.27. The Hall–Kier alpha value is -2.56. The molecule has 0 fully saturated rings. The van der Waals surface area contributed by atoms with Gasteiger partial charge in [-0.05, 0) is 17.7 Å². The monoisotopic (exact) mass is 365 g/mol. The standard InChI is InChI=1S/C23H27NO3/c1-17(2)24-14-19(25)16-27-23-13-12-22(20-10-6-7-11-21(20)23)26-15-18-8-4-3-5-9-18/h3-13,17,19,24-25H,14-16H2,1-2H3/t19-/m0/s1. The molecule has 4 nitrogen and oxygen atoms in total. The van der Waals surface area contributed by atoms with E-state index in [1.807, 2.05) is 66.7 Å². The normalized spacial score (nSPS) is 12.3. The first kappa shape index (κ1) is 19.2. The molecule has 0 aliphatic heterocycles. The Morgan fingerprint density at radius 2 is 1.41 bits per heavy atom. The molecule has 1 atom stereocenters. The average molecular weight is 365 g/mol. The second kappa shape index (κ2) is 9.40. The summed E-state index contributed by atoms with van der Waals surface area (Å²) in [6, 6.07) is 22.3. The molecule has 0 heterocycles. The predicted octanol–water partition coefficient (Wildman–Crippen LogP) is 4.16. The Labute approximate surface area is 160 Å². The molecule has 3 rings (SSSR count). The fourth-order valence-electron chi connectivity index (χ4n) is 2.85. The van der Waals surface area contributed by atoms with Gasteiger partial charge in [0.05, 0.1) is 0 Å². The molecule has 0 amide bonds. The van der Waals surface area contributed by atoms with Gasteiger partial charge in [0.2, 0.25) is 0 Å². The molecule has 0 saturated heterocycles. The predicted molar refractivity (Wildman–Crippen MR) is 109 cm³/mol. The molecule has 2 N–H and O–H groups in total. The number of benzene rings is 3. The highest BCUT2D eigenvalue weighted by Crippen LogP contribution is 2.33. The zero-order valence-electron chi connectivity index (χ0n) is 15.9. The molecule has 0 aromatic heterocycles. The highest BCUT2D eigenvalue weighted by atomic mass is 16.5. The van der Waals surface area contributed by atoms with E-state index >= 15 is 0 Å². The minimum Gasteiger partial charge on any atom is -0.490 e. The van der Waals surface area contributed by atoms with Crippen LogP contribution in [0.3, 0.4) is 0 Å². The van der Waals surface area contributed by atoms with Crippen LogP contribution >= 0.6 is 0 Å². The summed E-state index contributed by atoms with van der Waals surface area (Å²) in [4.78, 5) is 0. The minimum atomic E-state index is -0.555. The summed E-state index contributed by atoms with van der Waals surface area (Å²) < 4.78 is 11.9. The molecule has 0 aliphatic rings. The number of aliphatic hydroxyl groups is 1. The Morgan fingerprint density at radius 3 is 2.04 bits per heavy atom. The van der Waals surface area contributed by atoms with E-state index < -0.39 is 6.10 Å². The Balaban J connectivity index is 1.71. The summed E-state index contributed by atoms with van der Waals surface area (Å²) in [5, 5.41) is 15.3. The van der Waals surface area contributed by atoms with Gasteiger partial charge < -0.3 is 19.9 Å². The van der Waals surface area contributed by atoms with Crippen LogP contribution in [0.1, 0.15) is 19.4 Å². The van der Waals surface area contributed by atoms with Gasteiger partial charge in [-0.3, -0.25) is 0 Å². The van der Waals surface area contributed by atoms with Crippen molar-refractivity contribution >= 4 is 10.8 Å². The fraction of sp³-hybridized carbons (Fsp3) is 0.304. The van der Waals surface area contributed by atoms with Crippen LogP contribution in [0.15, 0.2) is 66.7 Å². The first-order valence-electron chi connectivity index (χ1n) is 9.36. The summed E-state index contributed by atoms with van der Waals surface area (Å²) in [7, 11) is 0. The van der Waals surface area contributed by atoms with Gasteiger partial charge in [-0.25, -0.2) is 0 Å². The third-order valence-electron chi connectivity index (χ3n) is 4.27. The lowest BCUT2D eigenvalue weighted by atomic mass is 10.1. The van der Waals surface area contributed by atoms with Gasteiger partial charge in [-0.2, -0.15) is 0 Å². The second-order valence-electron chi connectivity index (χ2n) is 6.91. The third kappa shape index (κ3) is 5.46. The van der Waals surface area contributed by atoms with Crippen molar-refractivity contribution in [1.29, 1.82) is 0 Å². The Morgan fingerprint density at radius 1 is 0.815 bits per heavy atom. The summed E-state index contributed by atoms with van der Waals surface area (Å²) in [5.74, 6) is 1.57. The topological polar surface area (TPSA) is 50.7 Å². The van der Waals surface area contributed by atoms with Crippen molar-refractivity contribution in [2.24, 2.45) is 0 Å². The van der Waals surface area contributed by atoms with Crippen molar-refractivity contribution in [1.82, 2.24) is 5.32 Å². The number of hydrogen-bond acceptors (Lipinski definition) is 4. The summed E-state index contributed by atoms with van der Waals surface area (Å²) in [6.45, 7) is 5.37. The number of aliphatic hydroxyl groups excluding tert-OH is 1. The SMILES string of the molecule is CC(C)NC[C@H](O)COc1ccc(OCc2ccccc2)c2ccccc12. The molecular weight excluding hydrogens is 338 g/mol. The van der Waals surface area contributed by atoms with Crippen LogP contribution in [0.2, 0.25) is 0 Å². The largest absolute Gasteiger partial charge is 0.490 e. The van der Waals surface area contributed by atoms with Gasteiger partial charge in [0, 0.05) is 23.4 Å². The Kier molecular flexibility index (Phi) is 6.69. The van der Waals surface area contributed by atoms with Crippen LogP contribution in [0.4, 0.5) is 0 Å². The number of rotatable bonds is 9. The van der Waals surface area contributed by atoms with E-state index in [0.717, 1.165) is 27.8 Å². The Bertz CT molecular complexity index is 849. The van der Waals surface area contributed by atoms with Gasteiger partial charge >= 0.3 is 0 Å². The van der Waals surface area contributed by atoms with Crippen molar-refractivity contribution in [2.45, 2.75) is 32.6 Å². The maximum Gasteiger partial charge on any atom is 0.127 e. The number of ether oxygens (including phenoxy) is 2. The van der Waals surface area contributed by atoms with Crippen LogP contribution in [0.5, 0.6) is 11.5 Å².